The minimum absolute atomic E-state index is 3.68. The summed E-state index contributed by atoms with van der Waals surface area (Å²) in [5, 5.41) is -10.9. The number of hydrogen-bond acceptors (Lipinski definition) is 0. The predicted molar refractivity (Wildman–Crippen MR) is 35.8 cm³/mol. The summed E-state index contributed by atoms with van der Waals surface area (Å²) in [6.45, 7) is 0. The van der Waals surface area contributed by atoms with E-state index in [1.807, 2.05) is 0 Å². The smallest absolute Gasteiger partial charge is 0.210 e. The summed E-state index contributed by atoms with van der Waals surface area (Å²) in [7, 11) is 0. The van der Waals surface area contributed by atoms with Gasteiger partial charge in [0.1, 0.15) is 0 Å². The number of allylic oxidation sites excluding steroid dienone is 1. The highest BCUT2D eigenvalue weighted by Crippen LogP contribution is 2.53. The van der Waals surface area contributed by atoms with E-state index < -0.39 is 28.3 Å². The van der Waals surface area contributed by atoms with Crippen molar-refractivity contribution in [3.05, 3.63) is 11.9 Å². The van der Waals surface area contributed by atoms with Crippen LogP contribution in [0.4, 0.5) is 35.1 Å². The maximum atomic E-state index is 12.5. The summed E-state index contributed by atoms with van der Waals surface area (Å²) in [5.74, 6) is -9.67. The van der Waals surface area contributed by atoms with Gasteiger partial charge in [0.2, 0.25) is 5.83 Å². The molecule has 0 bridgehead atoms. The van der Waals surface area contributed by atoms with Crippen molar-refractivity contribution in [1.29, 1.82) is 0 Å². The van der Waals surface area contributed by atoms with Gasteiger partial charge in [0.25, 0.3) is 0 Å². The van der Waals surface area contributed by atoms with Crippen LogP contribution in [0.5, 0.6) is 0 Å². The van der Waals surface area contributed by atoms with Crippen LogP contribution in [-0.2, 0) is 0 Å². The molecule has 0 saturated heterocycles. The first kappa shape index (κ1) is 14.8. The Balaban J connectivity index is 5.49. The molecule has 0 fully saturated rings. The van der Waals surface area contributed by atoms with Gasteiger partial charge in [-0.1, -0.05) is 11.6 Å². The third-order valence-corrected chi connectivity index (χ3v) is 2.02. The molecule has 0 radical (unpaired) electrons. The first-order valence-corrected chi connectivity index (χ1v) is 3.65. The predicted octanol–water partition coefficient (Wildman–Crippen LogP) is 4.44. The summed E-state index contributed by atoms with van der Waals surface area (Å²) in [6.07, 6.45) is -3.68. The SMILES string of the molecule is FC(F)=C(F)C(F)(F)C(F)(Cl)C(F)(F)Cl. The lowest BCUT2D eigenvalue weighted by Crippen LogP contribution is -2.51. The second-order valence-corrected chi connectivity index (χ2v) is 3.22. The van der Waals surface area contributed by atoms with E-state index in [-0.39, 0.29) is 0 Å². The van der Waals surface area contributed by atoms with Gasteiger partial charge < -0.3 is 0 Å². The summed E-state index contributed by atoms with van der Waals surface area (Å²) in [4.78, 5) is 0. The number of rotatable bonds is 3. The monoisotopic (exact) mass is 282 g/mol. The zero-order valence-corrected chi connectivity index (χ0v) is 7.79. The van der Waals surface area contributed by atoms with Crippen molar-refractivity contribution >= 4 is 23.2 Å². The molecule has 0 spiro atoms. The first-order valence-electron chi connectivity index (χ1n) is 2.89. The Bertz CT molecular complexity index is 273. The van der Waals surface area contributed by atoms with Crippen LogP contribution in [-0.4, -0.2) is 16.4 Å². The molecule has 0 aromatic rings. The minimum atomic E-state index is -5.96. The topological polar surface area (TPSA) is 0 Å². The van der Waals surface area contributed by atoms with E-state index in [2.05, 4.69) is 23.2 Å². The molecule has 0 N–H and O–H groups in total. The van der Waals surface area contributed by atoms with Crippen LogP contribution < -0.4 is 0 Å². The average Bonchev–Trinajstić information content (AvgIpc) is 2.00. The molecule has 0 saturated carbocycles. The molecule has 0 rings (SSSR count). The maximum Gasteiger partial charge on any atom is 0.375 e. The van der Waals surface area contributed by atoms with E-state index in [9.17, 15) is 35.1 Å². The molecule has 90 valence electrons. The summed E-state index contributed by atoms with van der Waals surface area (Å²) in [5.41, 5.74) is 0. The van der Waals surface area contributed by atoms with Crippen molar-refractivity contribution in [2.75, 3.05) is 0 Å². The van der Waals surface area contributed by atoms with Gasteiger partial charge in [-0.25, -0.2) is 4.39 Å². The third kappa shape index (κ3) is 2.47. The molecule has 0 amide bonds. The van der Waals surface area contributed by atoms with E-state index in [0.29, 0.717) is 0 Å². The Morgan fingerprint density at radius 3 is 1.33 bits per heavy atom. The highest BCUT2D eigenvalue weighted by atomic mass is 35.5. The van der Waals surface area contributed by atoms with Crippen LogP contribution in [0.2, 0.25) is 0 Å². The molecule has 0 aromatic heterocycles. The molecule has 0 aromatic carbocycles. The number of hydrogen-bond donors (Lipinski definition) is 0. The van der Waals surface area contributed by atoms with Crippen molar-refractivity contribution in [2.24, 2.45) is 0 Å². The van der Waals surface area contributed by atoms with Crippen LogP contribution in [0.3, 0.4) is 0 Å². The van der Waals surface area contributed by atoms with E-state index in [0.717, 1.165) is 0 Å². The molecule has 0 heterocycles. The van der Waals surface area contributed by atoms with Crippen LogP contribution in [0, 0.1) is 0 Å². The van der Waals surface area contributed by atoms with Gasteiger partial charge in [0.05, 0.1) is 0 Å². The normalized spacial score (nSPS) is 17.2. The van der Waals surface area contributed by atoms with Crippen molar-refractivity contribution in [2.45, 2.75) is 16.4 Å². The van der Waals surface area contributed by atoms with Gasteiger partial charge in [-0.05, 0) is 11.6 Å². The average molecular weight is 283 g/mol. The second kappa shape index (κ2) is 3.97. The van der Waals surface area contributed by atoms with Crippen molar-refractivity contribution in [3.8, 4) is 0 Å². The Morgan fingerprint density at radius 1 is 0.800 bits per heavy atom. The maximum absolute atomic E-state index is 12.5. The largest absolute Gasteiger partial charge is 0.375 e. The van der Waals surface area contributed by atoms with Crippen molar-refractivity contribution in [3.63, 3.8) is 0 Å². The fraction of sp³-hybridized carbons (Fsp3) is 0.600. The molecule has 0 nitrogen and oxygen atoms in total. The van der Waals surface area contributed by atoms with Crippen LogP contribution in [0.1, 0.15) is 0 Å². The first-order chi connectivity index (χ1) is 6.35. The van der Waals surface area contributed by atoms with Gasteiger partial charge in [0.15, 0.2) is 0 Å². The zero-order valence-electron chi connectivity index (χ0n) is 6.28. The van der Waals surface area contributed by atoms with Gasteiger partial charge in [-0.2, -0.15) is 30.7 Å². The van der Waals surface area contributed by atoms with E-state index in [1.165, 1.54) is 0 Å². The third-order valence-electron chi connectivity index (χ3n) is 1.19. The number of alkyl halides is 7. The van der Waals surface area contributed by atoms with E-state index in [4.69, 9.17) is 0 Å². The Hall–Kier alpha value is -0.240. The molecule has 1 unspecified atom stereocenters. The molecule has 0 aliphatic rings. The summed E-state index contributed by atoms with van der Waals surface area (Å²) in [6, 6.07) is 0. The standard InChI is InChI=1S/C5Cl2F8/c6-4(13,5(7,14)15)3(11,12)1(8)2(9)10. The summed E-state index contributed by atoms with van der Waals surface area (Å²) >= 11 is 7.74. The highest BCUT2D eigenvalue weighted by Gasteiger charge is 2.72. The second-order valence-electron chi connectivity index (χ2n) is 2.22. The van der Waals surface area contributed by atoms with E-state index in [1.54, 1.807) is 0 Å². The molecule has 0 aliphatic carbocycles. The Kier molecular flexibility index (Phi) is 3.91. The van der Waals surface area contributed by atoms with Gasteiger partial charge in [-0.15, -0.1) is 0 Å². The summed E-state index contributed by atoms with van der Waals surface area (Å²) < 4.78 is 95.9. The molecule has 1 atom stereocenters. The molecule has 0 aliphatic heterocycles. The van der Waals surface area contributed by atoms with Gasteiger partial charge in [-0.3, -0.25) is 0 Å². The minimum Gasteiger partial charge on any atom is -0.210 e. The van der Waals surface area contributed by atoms with Crippen molar-refractivity contribution < 1.29 is 35.1 Å². The lowest BCUT2D eigenvalue weighted by Gasteiger charge is -2.29. The Morgan fingerprint density at radius 2 is 1.13 bits per heavy atom. The fourth-order valence-electron chi connectivity index (χ4n) is 0.435. The molecular formula is C5Cl2F8. The van der Waals surface area contributed by atoms with Gasteiger partial charge in [0, 0.05) is 0 Å². The van der Waals surface area contributed by atoms with E-state index >= 15 is 0 Å². The highest BCUT2D eigenvalue weighted by molar-refractivity contribution is 6.33. The number of halogens is 10. The van der Waals surface area contributed by atoms with Crippen LogP contribution in [0.25, 0.3) is 0 Å². The zero-order chi connectivity index (χ0) is 12.7. The molecule has 15 heavy (non-hydrogen) atoms. The fourth-order valence-corrected chi connectivity index (χ4v) is 0.636. The lowest BCUT2D eigenvalue weighted by atomic mass is 10.2. The lowest BCUT2D eigenvalue weighted by molar-refractivity contribution is -0.159. The van der Waals surface area contributed by atoms with Crippen LogP contribution >= 0.6 is 23.2 Å². The quantitative estimate of drug-likeness (QED) is 0.530. The van der Waals surface area contributed by atoms with Crippen LogP contribution in [0.15, 0.2) is 11.9 Å². The van der Waals surface area contributed by atoms with Gasteiger partial charge >= 0.3 is 22.5 Å². The molecular weight excluding hydrogens is 283 g/mol. The van der Waals surface area contributed by atoms with Crippen molar-refractivity contribution in [1.82, 2.24) is 0 Å². The Labute approximate surface area is 87.4 Å². The molecule has 10 heteroatoms.